The van der Waals surface area contributed by atoms with Crippen LogP contribution in [-0.4, -0.2) is 28.7 Å². The van der Waals surface area contributed by atoms with Crippen LogP contribution in [0.1, 0.15) is 0 Å². The SMILES string of the molecule is c1ccc(-c2nc(-c3ccccc3)nc(-c3cc(-c4ccccc4)c(-n4c5ccc(-n6c7ccccc7c7ccccc76)cc5c5ccc6c(c7ccccc7n6-c6ccccc6)c54)c(-c4ccccc4)c3)n2)cc1. The van der Waals surface area contributed by atoms with Gasteiger partial charge in [0.1, 0.15) is 0 Å². The van der Waals surface area contributed by atoms with E-state index in [0.29, 0.717) is 17.5 Å². The second-order valence-electron chi connectivity index (χ2n) is 19.1. The van der Waals surface area contributed by atoms with Crippen molar-refractivity contribution in [3.05, 3.63) is 267 Å². The Bertz CT molecular complexity index is 4500. The number of rotatable bonds is 8. The van der Waals surface area contributed by atoms with Gasteiger partial charge in [-0.2, -0.15) is 0 Å². The molecule has 0 N–H and O–H groups in total. The predicted molar refractivity (Wildman–Crippen MR) is 310 cm³/mol. The summed E-state index contributed by atoms with van der Waals surface area (Å²) in [6, 6.07) is 95.5. The van der Waals surface area contributed by atoms with Gasteiger partial charge in [-0.1, -0.05) is 200 Å². The number of benzene rings is 11. The topological polar surface area (TPSA) is 53.5 Å². The minimum absolute atomic E-state index is 0.593. The van der Waals surface area contributed by atoms with E-state index in [1.165, 1.54) is 32.6 Å². The van der Waals surface area contributed by atoms with Crippen LogP contribution in [0.25, 0.3) is 139 Å². The highest BCUT2D eigenvalue weighted by atomic mass is 15.0. The van der Waals surface area contributed by atoms with E-state index < -0.39 is 0 Å². The highest BCUT2D eigenvalue weighted by Gasteiger charge is 2.27. The van der Waals surface area contributed by atoms with Crippen LogP contribution in [0.3, 0.4) is 0 Å². The van der Waals surface area contributed by atoms with Crippen molar-refractivity contribution in [3.63, 3.8) is 0 Å². The van der Waals surface area contributed by atoms with E-state index in [1.807, 2.05) is 36.4 Å². The molecule has 0 saturated carbocycles. The zero-order chi connectivity index (χ0) is 49.4. The van der Waals surface area contributed by atoms with Gasteiger partial charge in [0.2, 0.25) is 0 Å². The predicted octanol–water partition coefficient (Wildman–Crippen LogP) is 17.5. The van der Waals surface area contributed by atoms with Gasteiger partial charge in [0.05, 0.1) is 38.8 Å². The average Bonchev–Trinajstić information content (AvgIpc) is 4.13. The molecule has 0 unspecified atom stereocenters. The molecule has 350 valence electrons. The lowest BCUT2D eigenvalue weighted by molar-refractivity contribution is 1.07. The van der Waals surface area contributed by atoms with Gasteiger partial charge in [0.15, 0.2) is 17.5 Å². The quantitative estimate of drug-likeness (QED) is 0.152. The maximum absolute atomic E-state index is 5.31. The highest BCUT2D eigenvalue weighted by molar-refractivity contribution is 6.27. The number of hydrogen-bond donors (Lipinski definition) is 0. The Hall–Kier alpha value is -10.2. The molecule has 0 aliphatic rings. The number of hydrogen-bond acceptors (Lipinski definition) is 3. The molecule has 6 heteroatoms. The summed E-state index contributed by atoms with van der Waals surface area (Å²) in [6.07, 6.45) is 0. The number of fused-ring (bicyclic) bond motifs is 10. The molecular weight excluding hydrogens is 913 g/mol. The largest absolute Gasteiger partial charge is 0.309 e. The maximum atomic E-state index is 5.31. The summed E-state index contributed by atoms with van der Waals surface area (Å²) in [7, 11) is 0. The van der Waals surface area contributed by atoms with Crippen LogP contribution in [0.15, 0.2) is 267 Å². The molecule has 0 fully saturated rings. The van der Waals surface area contributed by atoms with Gasteiger partial charge in [-0.3, -0.25) is 0 Å². The second-order valence-corrected chi connectivity index (χ2v) is 19.1. The van der Waals surface area contributed by atoms with E-state index in [-0.39, 0.29) is 0 Å². The van der Waals surface area contributed by atoms with Crippen LogP contribution >= 0.6 is 0 Å². The van der Waals surface area contributed by atoms with E-state index >= 15 is 0 Å². The lowest BCUT2D eigenvalue weighted by Gasteiger charge is -2.21. The van der Waals surface area contributed by atoms with E-state index in [0.717, 1.165) is 88.8 Å². The zero-order valence-corrected chi connectivity index (χ0v) is 40.6. The smallest absolute Gasteiger partial charge is 0.164 e. The fraction of sp³-hybridized carbons (Fsp3) is 0. The normalized spacial score (nSPS) is 11.7. The average molecular weight is 957 g/mol. The van der Waals surface area contributed by atoms with Gasteiger partial charge < -0.3 is 13.7 Å². The van der Waals surface area contributed by atoms with Crippen LogP contribution < -0.4 is 0 Å². The Morgan fingerprint density at radius 1 is 0.240 bits per heavy atom. The third-order valence-electron chi connectivity index (χ3n) is 14.9. The molecule has 4 heterocycles. The van der Waals surface area contributed by atoms with Gasteiger partial charge >= 0.3 is 0 Å². The fourth-order valence-corrected chi connectivity index (χ4v) is 11.6. The Labute approximate surface area is 432 Å². The van der Waals surface area contributed by atoms with Crippen LogP contribution in [0.4, 0.5) is 0 Å². The fourth-order valence-electron chi connectivity index (χ4n) is 11.6. The Morgan fingerprint density at radius 3 is 1.17 bits per heavy atom. The van der Waals surface area contributed by atoms with Crippen LogP contribution in [0, 0.1) is 0 Å². The molecule has 0 amide bonds. The molecule has 0 spiro atoms. The van der Waals surface area contributed by atoms with Crippen molar-refractivity contribution in [1.29, 1.82) is 0 Å². The van der Waals surface area contributed by atoms with Gasteiger partial charge in [0.25, 0.3) is 0 Å². The zero-order valence-electron chi connectivity index (χ0n) is 40.6. The molecule has 6 nitrogen and oxygen atoms in total. The van der Waals surface area contributed by atoms with Gasteiger partial charge in [-0.25, -0.2) is 15.0 Å². The highest BCUT2D eigenvalue weighted by Crippen LogP contribution is 2.48. The van der Waals surface area contributed by atoms with Crippen molar-refractivity contribution < 1.29 is 0 Å². The summed E-state index contributed by atoms with van der Waals surface area (Å²) in [5.41, 5.74) is 17.1. The Morgan fingerprint density at radius 2 is 0.640 bits per heavy atom. The summed E-state index contributed by atoms with van der Waals surface area (Å²) in [5, 5.41) is 7.14. The molecular formula is C69H44N6. The van der Waals surface area contributed by atoms with E-state index in [1.54, 1.807) is 0 Å². The third-order valence-corrected chi connectivity index (χ3v) is 14.9. The Balaban J connectivity index is 1.10. The van der Waals surface area contributed by atoms with Gasteiger partial charge in [-0.05, 0) is 77.9 Å². The molecule has 0 atom stereocenters. The van der Waals surface area contributed by atoms with Crippen molar-refractivity contribution in [1.82, 2.24) is 28.7 Å². The summed E-state index contributed by atoms with van der Waals surface area (Å²) < 4.78 is 7.41. The van der Waals surface area contributed by atoms with E-state index in [4.69, 9.17) is 15.0 Å². The summed E-state index contributed by atoms with van der Waals surface area (Å²) in [6.45, 7) is 0. The molecule has 75 heavy (non-hydrogen) atoms. The lowest BCUT2D eigenvalue weighted by Crippen LogP contribution is -2.04. The molecule has 0 radical (unpaired) electrons. The summed E-state index contributed by atoms with van der Waals surface area (Å²) in [4.78, 5) is 15.7. The van der Waals surface area contributed by atoms with Crippen molar-refractivity contribution in [2.45, 2.75) is 0 Å². The van der Waals surface area contributed by atoms with Gasteiger partial charge in [0, 0.05) is 71.5 Å². The Kier molecular flexibility index (Phi) is 9.78. The van der Waals surface area contributed by atoms with E-state index in [2.05, 4.69) is 244 Å². The molecule has 15 aromatic rings. The second kappa shape index (κ2) is 17.3. The monoisotopic (exact) mass is 956 g/mol. The van der Waals surface area contributed by atoms with Crippen LogP contribution in [0.2, 0.25) is 0 Å². The van der Waals surface area contributed by atoms with Crippen molar-refractivity contribution >= 4 is 65.4 Å². The first-order valence-corrected chi connectivity index (χ1v) is 25.4. The minimum Gasteiger partial charge on any atom is -0.309 e. The molecule has 0 aliphatic heterocycles. The summed E-state index contributed by atoms with van der Waals surface area (Å²) in [5.74, 6) is 1.82. The van der Waals surface area contributed by atoms with Crippen molar-refractivity contribution in [3.8, 4) is 73.5 Å². The first kappa shape index (κ1) is 42.5. The van der Waals surface area contributed by atoms with Crippen molar-refractivity contribution in [2.75, 3.05) is 0 Å². The van der Waals surface area contributed by atoms with Crippen LogP contribution in [-0.2, 0) is 0 Å². The molecule has 15 rings (SSSR count). The van der Waals surface area contributed by atoms with E-state index in [9.17, 15) is 0 Å². The number of para-hydroxylation sites is 4. The van der Waals surface area contributed by atoms with Crippen LogP contribution in [0.5, 0.6) is 0 Å². The van der Waals surface area contributed by atoms with Gasteiger partial charge in [-0.15, -0.1) is 0 Å². The maximum Gasteiger partial charge on any atom is 0.164 e. The molecule has 11 aromatic carbocycles. The molecule has 0 bridgehead atoms. The minimum atomic E-state index is 0.593. The number of aromatic nitrogens is 6. The molecule has 4 aromatic heterocycles. The summed E-state index contributed by atoms with van der Waals surface area (Å²) >= 11 is 0. The van der Waals surface area contributed by atoms with Crippen molar-refractivity contribution in [2.24, 2.45) is 0 Å². The molecule has 0 aliphatic carbocycles. The first-order chi connectivity index (χ1) is 37.2. The third kappa shape index (κ3) is 6.84. The lowest BCUT2D eigenvalue weighted by atomic mass is 9.92. The molecule has 0 saturated heterocycles. The standard InChI is InChI=1S/C69H44N6/c1-6-22-45(23-7-1)56-42-49(69-71-67(47-26-10-3-11-27-47)70-68(72-69)48-28-12-4-13-29-48)43-57(46-24-8-2-9-25-46)65(56)75-62-40-38-51(74-59-35-19-16-32-52(59)53-33-17-20-36-60(53)74)44-58(62)54-39-41-63-64(66(54)75)55-34-18-21-37-61(55)73(63)50-30-14-5-15-31-50/h1-44H. The first-order valence-electron chi connectivity index (χ1n) is 25.4. The number of nitrogens with zero attached hydrogens (tertiary/aromatic N) is 6.